The highest BCUT2D eigenvalue weighted by atomic mass is 19.1. The third-order valence-electron chi connectivity index (χ3n) is 11.4. The van der Waals surface area contributed by atoms with Gasteiger partial charge in [0.25, 0.3) is 0 Å². The number of amides is 2. The van der Waals surface area contributed by atoms with E-state index in [1.54, 1.807) is 51.1 Å². The molecule has 2 aliphatic rings. The highest BCUT2D eigenvalue weighted by molar-refractivity contribution is 5.99. The number of carbonyl (C=O) groups excluding carboxylic acids is 2. The molecule has 6 aromatic rings. The van der Waals surface area contributed by atoms with Gasteiger partial charge >= 0.3 is 0 Å². The van der Waals surface area contributed by atoms with Gasteiger partial charge in [0.1, 0.15) is 23.1 Å². The minimum atomic E-state index is -0.273. The summed E-state index contributed by atoms with van der Waals surface area (Å²) in [5, 5.41) is 0. The number of aromatic nitrogens is 4. The number of likely N-dealkylation sites (tertiary alicyclic amines) is 2. The van der Waals surface area contributed by atoms with Gasteiger partial charge in [-0.2, -0.15) is 0 Å². The first-order valence-electron chi connectivity index (χ1n) is 20.8. The fraction of sp³-hybridized carbons (Fsp3) is 0.280. The van der Waals surface area contributed by atoms with Gasteiger partial charge in [-0.05, 0) is 136 Å². The molecule has 0 radical (unpaired) electrons. The van der Waals surface area contributed by atoms with Crippen LogP contribution in [-0.4, -0.2) is 67.0 Å². The van der Waals surface area contributed by atoms with E-state index in [-0.39, 0.29) is 35.5 Å². The summed E-state index contributed by atoms with van der Waals surface area (Å²) in [6.45, 7) is 8.94. The SMILES string of the molecule is COc1cc(/C=C2\CC[C@@H](C)N(Cc3ccc(F)cc3)C2=O)ccc1-n1cnc(C)c1.COc1cc(/C=C2\CC[C@H](C)N(Cc3ccc(F)cc3)C2=O)ccc1-n1cnc(C)c1. The van der Waals surface area contributed by atoms with Crippen molar-refractivity contribution < 1.29 is 27.8 Å². The fourth-order valence-corrected chi connectivity index (χ4v) is 7.82. The Bertz CT molecular complexity index is 2420. The first-order chi connectivity index (χ1) is 29.9. The molecule has 0 aliphatic carbocycles. The van der Waals surface area contributed by atoms with Crippen molar-refractivity contribution in [1.82, 2.24) is 28.9 Å². The van der Waals surface area contributed by atoms with Crippen molar-refractivity contribution in [2.45, 2.75) is 78.6 Å². The summed E-state index contributed by atoms with van der Waals surface area (Å²) in [6.07, 6.45) is 14.5. The normalized spacial score (nSPS) is 17.9. The van der Waals surface area contributed by atoms with Gasteiger partial charge in [-0.15, -0.1) is 0 Å². The Morgan fingerprint density at radius 1 is 0.613 bits per heavy atom. The summed E-state index contributed by atoms with van der Waals surface area (Å²) in [6, 6.07) is 24.7. The Kier molecular flexibility index (Phi) is 13.4. The third-order valence-corrected chi connectivity index (χ3v) is 11.4. The van der Waals surface area contributed by atoms with Crippen LogP contribution in [0.15, 0.2) is 121 Å². The number of ether oxygens (including phenoxy) is 2. The highest BCUT2D eigenvalue weighted by Gasteiger charge is 2.30. The van der Waals surface area contributed by atoms with Crippen molar-refractivity contribution in [3.05, 3.63) is 166 Å². The first-order valence-corrected chi connectivity index (χ1v) is 20.8. The number of imidazole rings is 2. The first kappa shape index (κ1) is 43.3. The van der Waals surface area contributed by atoms with Crippen LogP contribution in [-0.2, 0) is 22.7 Å². The lowest BCUT2D eigenvalue weighted by molar-refractivity contribution is -0.132. The molecular weight excluding hydrogens is 787 g/mol. The molecule has 12 heteroatoms. The minimum absolute atomic E-state index is 0.0244. The molecule has 2 amide bonds. The van der Waals surface area contributed by atoms with Crippen LogP contribution >= 0.6 is 0 Å². The molecule has 0 bridgehead atoms. The molecule has 8 rings (SSSR count). The van der Waals surface area contributed by atoms with Crippen LogP contribution in [0, 0.1) is 25.5 Å². The summed E-state index contributed by atoms with van der Waals surface area (Å²) < 4.78 is 41.5. The second kappa shape index (κ2) is 19.3. The number of rotatable bonds is 10. The number of nitrogens with zero attached hydrogens (tertiary/aromatic N) is 6. The summed E-state index contributed by atoms with van der Waals surface area (Å²) in [5.41, 5.74) is 8.86. The van der Waals surface area contributed by atoms with Crippen LogP contribution in [0.3, 0.4) is 0 Å². The van der Waals surface area contributed by atoms with Gasteiger partial charge < -0.3 is 28.4 Å². The number of halogens is 2. The largest absolute Gasteiger partial charge is 0.495 e. The van der Waals surface area contributed by atoms with Crippen molar-refractivity contribution in [1.29, 1.82) is 0 Å². The van der Waals surface area contributed by atoms with Crippen LogP contribution in [0.25, 0.3) is 23.5 Å². The second-order valence-electron chi connectivity index (χ2n) is 15.9. The smallest absolute Gasteiger partial charge is 0.250 e. The Balaban J connectivity index is 0.000000186. The van der Waals surface area contributed by atoms with Crippen molar-refractivity contribution in [2.75, 3.05) is 14.2 Å². The lowest BCUT2D eigenvalue weighted by Crippen LogP contribution is -2.42. The number of benzene rings is 4. The van der Waals surface area contributed by atoms with Crippen LogP contribution in [0.2, 0.25) is 0 Å². The number of carbonyl (C=O) groups is 2. The van der Waals surface area contributed by atoms with E-state index in [1.165, 1.54) is 24.3 Å². The number of piperidine rings is 2. The zero-order valence-corrected chi connectivity index (χ0v) is 36.0. The van der Waals surface area contributed by atoms with Gasteiger partial charge in [-0.1, -0.05) is 36.4 Å². The van der Waals surface area contributed by atoms with E-state index >= 15 is 0 Å². The molecule has 0 saturated carbocycles. The Hall–Kier alpha value is -6.82. The Labute approximate surface area is 361 Å². The Morgan fingerprint density at radius 3 is 1.34 bits per heavy atom. The minimum Gasteiger partial charge on any atom is -0.495 e. The standard InChI is InChI=1S/2C25H26FN3O2/c2*1-17-14-28(16-27-17)23-11-7-20(13-24(23)31-3)12-21-8-4-18(2)29(25(21)30)15-19-5-9-22(26)10-6-19/h2*5-7,9-14,16,18H,4,8,15H2,1-3H3/b2*21-12+/t2*18-/m10/s1. The Morgan fingerprint density at radius 2 is 1.00 bits per heavy atom. The molecule has 4 heterocycles. The summed E-state index contributed by atoms with van der Waals surface area (Å²) >= 11 is 0. The van der Waals surface area contributed by atoms with Gasteiger partial charge in [0.05, 0.1) is 49.6 Å². The average Bonchev–Trinajstić information content (AvgIpc) is 3.92. The van der Waals surface area contributed by atoms with Gasteiger partial charge in [-0.25, -0.2) is 18.7 Å². The predicted octanol–water partition coefficient (Wildman–Crippen LogP) is 9.85. The zero-order valence-electron chi connectivity index (χ0n) is 36.0. The average molecular weight is 839 g/mol. The van der Waals surface area contributed by atoms with E-state index in [0.29, 0.717) is 24.6 Å². The molecular formula is C50H52F2N6O4. The van der Waals surface area contributed by atoms with E-state index < -0.39 is 0 Å². The second-order valence-corrected chi connectivity index (χ2v) is 15.9. The number of aryl methyl sites for hydroxylation is 2. The van der Waals surface area contributed by atoms with E-state index in [2.05, 4.69) is 23.8 Å². The van der Waals surface area contributed by atoms with Crippen molar-refractivity contribution in [3.63, 3.8) is 0 Å². The van der Waals surface area contributed by atoms with Gasteiger partial charge in [0.15, 0.2) is 0 Å². The molecule has 10 nitrogen and oxygen atoms in total. The van der Waals surface area contributed by atoms with Gasteiger partial charge in [-0.3, -0.25) is 9.59 Å². The van der Waals surface area contributed by atoms with Gasteiger partial charge in [0.2, 0.25) is 11.8 Å². The van der Waals surface area contributed by atoms with Crippen LogP contribution in [0.1, 0.15) is 73.2 Å². The van der Waals surface area contributed by atoms with Crippen LogP contribution in [0.5, 0.6) is 11.5 Å². The molecule has 0 spiro atoms. The maximum Gasteiger partial charge on any atom is 0.250 e. The van der Waals surface area contributed by atoms with Gasteiger partial charge in [0, 0.05) is 48.7 Å². The van der Waals surface area contributed by atoms with Crippen molar-refractivity contribution in [3.8, 4) is 22.9 Å². The maximum atomic E-state index is 13.2. The molecule has 320 valence electrons. The monoisotopic (exact) mass is 838 g/mol. The number of hydrogen-bond acceptors (Lipinski definition) is 6. The third kappa shape index (κ3) is 10.2. The van der Waals surface area contributed by atoms with E-state index in [9.17, 15) is 18.4 Å². The summed E-state index contributed by atoms with van der Waals surface area (Å²) in [7, 11) is 3.27. The topological polar surface area (TPSA) is 94.7 Å². The predicted molar refractivity (Wildman–Crippen MR) is 237 cm³/mol. The molecule has 0 unspecified atom stereocenters. The van der Waals surface area contributed by atoms with Crippen molar-refractivity contribution in [2.24, 2.45) is 0 Å². The molecule has 2 fully saturated rings. The molecule has 2 aromatic heterocycles. The summed E-state index contributed by atoms with van der Waals surface area (Å²) in [5.74, 6) is 0.932. The lowest BCUT2D eigenvalue weighted by atomic mass is 9.95. The van der Waals surface area contributed by atoms with E-state index in [1.807, 2.05) is 93.7 Å². The lowest BCUT2D eigenvalue weighted by Gasteiger charge is -2.35. The molecule has 0 N–H and O–H groups in total. The quantitative estimate of drug-likeness (QED) is 0.128. The molecule has 62 heavy (non-hydrogen) atoms. The van der Waals surface area contributed by atoms with Crippen LogP contribution in [0.4, 0.5) is 8.78 Å². The number of methoxy groups -OCH3 is 2. The van der Waals surface area contributed by atoms with E-state index in [0.717, 1.165) is 81.8 Å². The molecule has 2 saturated heterocycles. The molecule has 2 atom stereocenters. The highest BCUT2D eigenvalue weighted by Crippen LogP contribution is 2.32. The zero-order chi connectivity index (χ0) is 43.9. The van der Waals surface area contributed by atoms with Crippen LogP contribution < -0.4 is 9.47 Å². The fourth-order valence-electron chi connectivity index (χ4n) is 7.82. The maximum absolute atomic E-state index is 13.2. The molecule has 2 aliphatic heterocycles. The number of hydrogen-bond donors (Lipinski definition) is 0. The summed E-state index contributed by atoms with van der Waals surface area (Å²) in [4.78, 5) is 38.7. The molecule has 4 aromatic carbocycles. The van der Waals surface area contributed by atoms with E-state index in [4.69, 9.17) is 9.47 Å². The van der Waals surface area contributed by atoms with Crippen molar-refractivity contribution >= 4 is 24.0 Å².